The maximum atomic E-state index is 11.3. The molecule has 1 aromatic rings. The lowest BCUT2D eigenvalue weighted by molar-refractivity contribution is -0.141. The van der Waals surface area contributed by atoms with Gasteiger partial charge >= 0.3 is 5.97 Å². The molecule has 1 saturated carbocycles. The minimum atomic E-state index is -0.0800. The van der Waals surface area contributed by atoms with Gasteiger partial charge in [0.25, 0.3) is 0 Å². The van der Waals surface area contributed by atoms with Crippen LogP contribution in [-0.4, -0.2) is 28.4 Å². The number of hydrogen-bond acceptors (Lipinski definition) is 4. The van der Waals surface area contributed by atoms with E-state index in [0.717, 1.165) is 24.3 Å². The molecule has 1 aliphatic carbocycles. The van der Waals surface area contributed by atoms with Gasteiger partial charge in [0, 0.05) is 24.7 Å². The summed E-state index contributed by atoms with van der Waals surface area (Å²) >= 11 is 1.88. The summed E-state index contributed by atoms with van der Waals surface area (Å²) in [4.78, 5) is 15.4. The van der Waals surface area contributed by atoms with E-state index in [1.807, 2.05) is 35.9 Å². The zero-order chi connectivity index (χ0) is 12.3. The van der Waals surface area contributed by atoms with Crippen molar-refractivity contribution in [2.45, 2.75) is 25.0 Å². The fourth-order valence-corrected chi connectivity index (χ4v) is 3.24. The van der Waals surface area contributed by atoms with E-state index in [-0.39, 0.29) is 11.4 Å². The quantitative estimate of drug-likeness (QED) is 0.728. The second kappa shape index (κ2) is 5.12. The van der Waals surface area contributed by atoms with Gasteiger partial charge in [0.1, 0.15) is 0 Å². The van der Waals surface area contributed by atoms with Crippen LogP contribution in [0.3, 0.4) is 0 Å². The number of hydrogen-bond donors (Lipinski definition) is 0. The lowest BCUT2D eigenvalue weighted by Crippen LogP contribution is -2.13. The summed E-state index contributed by atoms with van der Waals surface area (Å²) in [6.45, 7) is 0. The van der Waals surface area contributed by atoms with Crippen LogP contribution in [0.25, 0.3) is 0 Å². The number of nitrogens with zero attached hydrogens (tertiary/aromatic N) is 2. The van der Waals surface area contributed by atoms with Crippen molar-refractivity contribution in [3.05, 3.63) is 18.2 Å². The largest absolute Gasteiger partial charge is 0.469 e. The standard InChI is InChI=1S/C12H18N2O2S/c1-14-9-13-6-10(14)7-17-8-12(3-4-12)5-11(15)16-2/h6,9H,3-5,7-8H2,1-2H3. The van der Waals surface area contributed by atoms with Crippen molar-refractivity contribution in [1.82, 2.24) is 9.55 Å². The molecule has 1 heterocycles. The zero-order valence-electron chi connectivity index (χ0n) is 10.3. The Kier molecular flexibility index (Phi) is 3.76. The van der Waals surface area contributed by atoms with E-state index in [4.69, 9.17) is 4.74 Å². The average molecular weight is 254 g/mol. The summed E-state index contributed by atoms with van der Waals surface area (Å²) in [5, 5.41) is 0. The van der Waals surface area contributed by atoms with E-state index in [9.17, 15) is 4.79 Å². The highest BCUT2D eigenvalue weighted by atomic mass is 32.2. The van der Waals surface area contributed by atoms with Crippen LogP contribution in [0.15, 0.2) is 12.5 Å². The Morgan fingerprint density at radius 1 is 1.65 bits per heavy atom. The average Bonchev–Trinajstić information content (AvgIpc) is 2.95. The van der Waals surface area contributed by atoms with Gasteiger partial charge in [-0.05, 0) is 24.0 Å². The lowest BCUT2D eigenvalue weighted by atomic mass is 10.1. The number of thioether (sulfide) groups is 1. The van der Waals surface area contributed by atoms with Crippen molar-refractivity contribution in [2.24, 2.45) is 12.5 Å². The lowest BCUT2D eigenvalue weighted by Gasteiger charge is -2.12. The molecular weight excluding hydrogens is 236 g/mol. The van der Waals surface area contributed by atoms with Crippen molar-refractivity contribution in [1.29, 1.82) is 0 Å². The molecule has 17 heavy (non-hydrogen) atoms. The molecule has 0 bridgehead atoms. The SMILES string of the molecule is COC(=O)CC1(CSCc2cncn2C)CC1. The maximum absolute atomic E-state index is 11.3. The first kappa shape index (κ1) is 12.5. The van der Waals surface area contributed by atoms with E-state index >= 15 is 0 Å². The Balaban J connectivity index is 1.75. The molecule has 0 amide bonds. The van der Waals surface area contributed by atoms with Crippen LogP contribution in [0, 0.1) is 5.41 Å². The summed E-state index contributed by atoms with van der Waals surface area (Å²) < 4.78 is 6.77. The van der Waals surface area contributed by atoms with E-state index in [0.29, 0.717) is 6.42 Å². The number of imidazole rings is 1. The smallest absolute Gasteiger partial charge is 0.306 e. The number of rotatable bonds is 6. The fraction of sp³-hybridized carbons (Fsp3) is 0.667. The van der Waals surface area contributed by atoms with Gasteiger partial charge in [-0.15, -0.1) is 0 Å². The van der Waals surface area contributed by atoms with Gasteiger partial charge in [0.05, 0.1) is 19.9 Å². The molecule has 0 spiro atoms. The maximum Gasteiger partial charge on any atom is 0.306 e. The van der Waals surface area contributed by atoms with Crippen LogP contribution in [0.5, 0.6) is 0 Å². The van der Waals surface area contributed by atoms with Gasteiger partial charge < -0.3 is 9.30 Å². The summed E-state index contributed by atoms with van der Waals surface area (Å²) in [5.74, 6) is 1.91. The second-order valence-corrected chi connectivity index (χ2v) is 5.73. The molecule has 2 rings (SSSR count). The molecule has 94 valence electrons. The fourth-order valence-electron chi connectivity index (χ4n) is 1.82. The summed E-state index contributed by atoms with van der Waals surface area (Å²) in [5.41, 5.74) is 1.44. The Hall–Kier alpha value is -0.970. The first-order valence-corrected chi connectivity index (χ1v) is 6.90. The van der Waals surface area contributed by atoms with Crippen LogP contribution < -0.4 is 0 Å². The number of methoxy groups -OCH3 is 1. The topological polar surface area (TPSA) is 44.1 Å². The summed E-state index contributed by atoms with van der Waals surface area (Å²) in [6, 6.07) is 0. The molecule has 1 fully saturated rings. The number of carbonyl (C=O) groups excluding carboxylic acids is 1. The van der Waals surface area contributed by atoms with Crippen LogP contribution in [0.4, 0.5) is 0 Å². The molecule has 4 nitrogen and oxygen atoms in total. The molecule has 0 unspecified atom stereocenters. The Morgan fingerprint density at radius 3 is 2.94 bits per heavy atom. The van der Waals surface area contributed by atoms with E-state index < -0.39 is 0 Å². The Labute approximate surface area is 106 Å². The van der Waals surface area contributed by atoms with Crippen molar-refractivity contribution >= 4 is 17.7 Å². The molecule has 5 heteroatoms. The highest BCUT2D eigenvalue weighted by Gasteiger charge is 2.44. The van der Waals surface area contributed by atoms with Crippen LogP contribution in [0.1, 0.15) is 25.0 Å². The van der Waals surface area contributed by atoms with E-state index in [1.165, 1.54) is 12.8 Å². The molecule has 0 radical (unpaired) electrons. The monoisotopic (exact) mass is 254 g/mol. The molecule has 0 aliphatic heterocycles. The molecule has 1 aromatic heterocycles. The van der Waals surface area contributed by atoms with Crippen molar-refractivity contribution in [3.8, 4) is 0 Å². The van der Waals surface area contributed by atoms with Gasteiger partial charge in [-0.3, -0.25) is 4.79 Å². The molecule has 0 saturated heterocycles. The third-order valence-electron chi connectivity index (χ3n) is 3.28. The predicted molar refractivity (Wildman–Crippen MR) is 67.7 cm³/mol. The normalized spacial score (nSPS) is 16.8. The summed E-state index contributed by atoms with van der Waals surface area (Å²) in [6.07, 6.45) is 6.59. The third kappa shape index (κ3) is 3.25. The minimum Gasteiger partial charge on any atom is -0.469 e. The Bertz CT molecular complexity index is 399. The highest BCUT2D eigenvalue weighted by molar-refractivity contribution is 7.98. The highest BCUT2D eigenvalue weighted by Crippen LogP contribution is 2.51. The zero-order valence-corrected chi connectivity index (χ0v) is 11.1. The van der Waals surface area contributed by atoms with Crippen LogP contribution >= 0.6 is 11.8 Å². The second-order valence-electron chi connectivity index (χ2n) is 4.74. The number of carbonyl (C=O) groups is 1. The number of ether oxygens (including phenoxy) is 1. The first-order valence-electron chi connectivity index (χ1n) is 5.75. The van der Waals surface area contributed by atoms with E-state index in [1.54, 1.807) is 0 Å². The van der Waals surface area contributed by atoms with Crippen molar-refractivity contribution in [3.63, 3.8) is 0 Å². The molecule has 0 aromatic carbocycles. The van der Waals surface area contributed by atoms with Crippen molar-refractivity contribution < 1.29 is 9.53 Å². The van der Waals surface area contributed by atoms with Gasteiger partial charge in [-0.25, -0.2) is 4.98 Å². The predicted octanol–water partition coefficient (Wildman–Crippen LogP) is 2.00. The molecule has 0 atom stereocenters. The van der Waals surface area contributed by atoms with Crippen LogP contribution in [-0.2, 0) is 22.3 Å². The van der Waals surface area contributed by atoms with Gasteiger partial charge in [0.2, 0.25) is 0 Å². The van der Waals surface area contributed by atoms with E-state index in [2.05, 4.69) is 4.98 Å². The number of aryl methyl sites for hydroxylation is 1. The van der Waals surface area contributed by atoms with Gasteiger partial charge in [-0.1, -0.05) is 0 Å². The minimum absolute atomic E-state index is 0.0800. The molecule has 1 aliphatic rings. The molecular formula is C12H18N2O2S. The first-order chi connectivity index (χ1) is 8.15. The third-order valence-corrected chi connectivity index (χ3v) is 4.60. The Morgan fingerprint density at radius 2 is 2.41 bits per heavy atom. The van der Waals surface area contributed by atoms with Crippen molar-refractivity contribution in [2.75, 3.05) is 12.9 Å². The number of esters is 1. The van der Waals surface area contributed by atoms with Crippen LogP contribution in [0.2, 0.25) is 0 Å². The number of aromatic nitrogens is 2. The summed E-state index contributed by atoms with van der Waals surface area (Å²) in [7, 11) is 3.46. The van der Waals surface area contributed by atoms with Gasteiger partial charge in [-0.2, -0.15) is 11.8 Å². The molecule has 0 N–H and O–H groups in total. The van der Waals surface area contributed by atoms with Gasteiger partial charge in [0.15, 0.2) is 0 Å².